The molecule has 1 atom stereocenters. The average Bonchev–Trinajstić information content (AvgIpc) is 3.03. The molecule has 0 spiro atoms. The lowest BCUT2D eigenvalue weighted by molar-refractivity contribution is -0.908. The Balaban J connectivity index is 1.67. The van der Waals surface area contributed by atoms with Gasteiger partial charge in [0.2, 0.25) is 0 Å². The fraction of sp³-hybridized carbons (Fsp3) is 0.500. The van der Waals surface area contributed by atoms with Crippen LogP contribution in [0.4, 0.5) is 5.82 Å². The molecule has 3 heterocycles. The van der Waals surface area contributed by atoms with Crippen molar-refractivity contribution in [2.75, 3.05) is 52.3 Å². The van der Waals surface area contributed by atoms with Gasteiger partial charge in [0.1, 0.15) is 36.1 Å². The molecule has 1 aliphatic rings. The first kappa shape index (κ1) is 21.5. The Labute approximate surface area is 181 Å². The molecule has 166 valence electrons. The number of nitrogens with one attached hydrogen (secondary N) is 1. The number of rotatable bonds is 8. The molecule has 3 N–H and O–H groups in total. The second kappa shape index (κ2) is 9.59. The predicted octanol–water partition coefficient (Wildman–Crippen LogP) is 0.664. The number of hydrogen-bond donors (Lipinski definition) is 2. The minimum absolute atomic E-state index is 0.273. The zero-order chi connectivity index (χ0) is 21.8. The summed E-state index contributed by atoms with van der Waals surface area (Å²) >= 11 is 0. The highest BCUT2D eigenvalue weighted by Gasteiger charge is 2.26. The molecule has 0 bridgehead atoms. The second-order valence-corrected chi connectivity index (χ2v) is 7.93. The van der Waals surface area contributed by atoms with Gasteiger partial charge >= 0.3 is 5.97 Å². The molecule has 9 heteroatoms. The quantitative estimate of drug-likeness (QED) is 0.508. The Bertz CT molecular complexity index is 1060. The van der Waals surface area contributed by atoms with Crippen LogP contribution in [-0.2, 0) is 20.8 Å². The van der Waals surface area contributed by atoms with Gasteiger partial charge in [-0.2, -0.15) is 0 Å². The van der Waals surface area contributed by atoms with Crippen molar-refractivity contribution in [3.05, 3.63) is 29.8 Å². The molecular weight excluding hydrogens is 398 g/mol. The van der Waals surface area contributed by atoms with Crippen molar-refractivity contribution in [2.24, 2.45) is 0 Å². The average molecular weight is 429 g/mol. The number of carbonyl (C=O) groups excluding carboxylic acids is 1. The first-order valence-corrected chi connectivity index (χ1v) is 10.7. The van der Waals surface area contributed by atoms with E-state index in [1.165, 1.54) is 4.90 Å². The first-order valence-electron chi connectivity index (χ1n) is 10.7. The number of carbonyl (C=O) groups is 1. The van der Waals surface area contributed by atoms with Crippen LogP contribution in [0.1, 0.15) is 23.7 Å². The van der Waals surface area contributed by atoms with E-state index in [2.05, 4.69) is 0 Å². The number of nitrogens with zero attached hydrogens (tertiary/aromatic N) is 3. The number of nitrogens with two attached hydrogens (primary N) is 1. The summed E-state index contributed by atoms with van der Waals surface area (Å²) in [6.07, 6.45) is 0.514. The summed E-state index contributed by atoms with van der Waals surface area (Å²) in [5.41, 5.74) is 9.31. The van der Waals surface area contributed by atoms with Crippen molar-refractivity contribution in [3.63, 3.8) is 0 Å². The van der Waals surface area contributed by atoms with Crippen molar-refractivity contribution < 1.29 is 23.9 Å². The van der Waals surface area contributed by atoms with Gasteiger partial charge < -0.3 is 29.4 Å². The smallest absolute Gasteiger partial charge is 0.344 e. The van der Waals surface area contributed by atoms with Gasteiger partial charge in [-0.05, 0) is 19.1 Å². The van der Waals surface area contributed by atoms with Gasteiger partial charge in [0.15, 0.2) is 5.65 Å². The van der Waals surface area contributed by atoms with Crippen LogP contribution in [0.25, 0.3) is 22.2 Å². The number of aryl methyl sites for hydroxylation is 1. The molecule has 9 nitrogen and oxygen atoms in total. The van der Waals surface area contributed by atoms with Gasteiger partial charge in [-0.1, -0.05) is 12.1 Å². The fourth-order valence-corrected chi connectivity index (χ4v) is 4.05. The van der Waals surface area contributed by atoms with E-state index in [0.29, 0.717) is 35.7 Å². The van der Waals surface area contributed by atoms with Crippen molar-refractivity contribution >= 4 is 34.0 Å². The molecule has 31 heavy (non-hydrogen) atoms. The second-order valence-electron chi connectivity index (χ2n) is 7.93. The zero-order valence-electron chi connectivity index (χ0n) is 18.1. The molecule has 0 unspecified atom stereocenters. The Hall–Kier alpha value is -2.75. The molecule has 2 aromatic heterocycles. The molecule has 1 fully saturated rings. The first-order chi connectivity index (χ1) is 15.1. The maximum Gasteiger partial charge on any atom is 0.344 e. The van der Waals surface area contributed by atoms with Gasteiger partial charge in [0.25, 0.3) is 0 Å². The highest BCUT2D eigenvalue weighted by Crippen LogP contribution is 2.29. The van der Waals surface area contributed by atoms with Crippen LogP contribution in [0.5, 0.6) is 0 Å². The van der Waals surface area contributed by atoms with Crippen molar-refractivity contribution in [1.82, 2.24) is 14.5 Å². The van der Waals surface area contributed by atoms with E-state index in [-0.39, 0.29) is 5.56 Å². The number of fused-ring (bicyclic) bond motifs is 2. The Morgan fingerprint density at radius 1 is 1.26 bits per heavy atom. The SMILES string of the molecule is COC[C@H](C)OC(=O)c1c(N)n(CCC[NH+]2CCOCC2)c2nc3ccccc3nc12. The van der Waals surface area contributed by atoms with Gasteiger partial charge in [-0.25, -0.2) is 14.8 Å². The van der Waals surface area contributed by atoms with Gasteiger partial charge in [-0.3, -0.25) is 0 Å². The number of quaternary nitrogens is 1. The van der Waals surface area contributed by atoms with Crippen LogP contribution in [0.15, 0.2) is 24.3 Å². The molecule has 0 amide bonds. The third kappa shape index (κ3) is 4.63. The van der Waals surface area contributed by atoms with Crippen LogP contribution >= 0.6 is 0 Å². The summed E-state index contributed by atoms with van der Waals surface area (Å²) in [5.74, 6) is -0.161. The molecular formula is C22H30N5O4+. The van der Waals surface area contributed by atoms with Crippen LogP contribution < -0.4 is 10.6 Å². The number of anilines is 1. The van der Waals surface area contributed by atoms with Crippen molar-refractivity contribution in [3.8, 4) is 0 Å². The number of nitrogen functional groups attached to an aromatic ring is 1. The lowest BCUT2D eigenvalue weighted by Crippen LogP contribution is -3.14. The monoisotopic (exact) mass is 428 g/mol. The highest BCUT2D eigenvalue weighted by molar-refractivity contribution is 6.08. The van der Waals surface area contributed by atoms with E-state index in [0.717, 1.165) is 44.8 Å². The highest BCUT2D eigenvalue weighted by atomic mass is 16.6. The largest absolute Gasteiger partial charge is 0.456 e. The molecule has 0 aliphatic carbocycles. The third-order valence-electron chi connectivity index (χ3n) is 5.62. The van der Waals surface area contributed by atoms with E-state index >= 15 is 0 Å². The van der Waals surface area contributed by atoms with E-state index in [1.54, 1.807) is 14.0 Å². The molecule has 0 saturated carbocycles. The van der Waals surface area contributed by atoms with Gasteiger partial charge in [0, 0.05) is 20.1 Å². The molecule has 0 radical (unpaired) electrons. The van der Waals surface area contributed by atoms with Crippen LogP contribution in [0, 0.1) is 0 Å². The van der Waals surface area contributed by atoms with Crippen molar-refractivity contribution in [2.45, 2.75) is 26.0 Å². The Morgan fingerprint density at radius 2 is 1.97 bits per heavy atom. The maximum absolute atomic E-state index is 13.0. The maximum atomic E-state index is 13.0. The van der Waals surface area contributed by atoms with Crippen LogP contribution in [0.3, 0.4) is 0 Å². The van der Waals surface area contributed by atoms with Crippen LogP contribution in [0.2, 0.25) is 0 Å². The molecule has 1 aliphatic heterocycles. The Kier molecular flexibility index (Phi) is 6.64. The summed E-state index contributed by atoms with van der Waals surface area (Å²) in [6.45, 7) is 7.38. The standard InChI is InChI=1S/C22H29N5O4/c1-15(14-29-2)31-22(28)18-19-21(25-17-7-4-3-6-16(17)24-19)27(20(18)23)9-5-8-26-10-12-30-13-11-26/h3-4,6-7,15H,5,8-14,23H2,1-2H3/p+1/t15-/m0/s1. The number of ether oxygens (including phenoxy) is 3. The third-order valence-corrected chi connectivity index (χ3v) is 5.62. The van der Waals surface area contributed by atoms with Gasteiger partial charge in [0.05, 0.1) is 37.4 Å². The minimum atomic E-state index is -0.505. The molecule has 3 aromatic rings. The minimum Gasteiger partial charge on any atom is -0.456 e. The van der Waals surface area contributed by atoms with E-state index < -0.39 is 12.1 Å². The number of esters is 1. The lowest BCUT2D eigenvalue weighted by atomic mass is 10.2. The number of para-hydroxylation sites is 2. The number of hydrogen-bond acceptors (Lipinski definition) is 7. The molecule has 4 rings (SSSR count). The predicted molar refractivity (Wildman–Crippen MR) is 117 cm³/mol. The van der Waals surface area contributed by atoms with E-state index in [9.17, 15) is 4.79 Å². The molecule has 1 saturated heterocycles. The molecule has 1 aromatic carbocycles. The van der Waals surface area contributed by atoms with Crippen molar-refractivity contribution in [1.29, 1.82) is 0 Å². The fourth-order valence-electron chi connectivity index (χ4n) is 4.05. The number of aromatic nitrogens is 3. The summed E-state index contributed by atoms with van der Waals surface area (Å²) in [5, 5.41) is 0. The van der Waals surface area contributed by atoms with E-state index in [4.69, 9.17) is 29.9 Å². The lowest BCUT2D eigenvalue weighted by Gasteiger charge is -2.23. The normalized spacial score (nSPS) is 16.1. The summed E-state index contributed by atoms with van der Waals surface area (Å²) in [7, 11) is 1.57. The summed E-state index contributed by atoms with van der Waals surface area (Å²) in [6, 6.07) is 7.60. The topological polar surface area (TPSA) is 106 Å². The number of benzene rings is 1. The van der Waals surface area contributed by atoms with Crippen LogP contribution in [-0.4, -0.2) is 73.2 Å². The summed E-state index contributed by atoms with van der Waals surface area (Å²) in [4.78, 5) is 24.0. The zero-order valence-corrected chi connectivity index (χ0v) is 18.1. The number of methoxy groups -OCH3 is 1. The summed E-state index contributed by atoms with van der Waals surface area (Å²) < 4.78 is 18.0. The Morgan fingerprint density at radius 3 is 2.68 bits per heavy atom. The van der Waals surface area contributed by atoms with Gasteiger partial charge in [-0.15, -0.1) is 0 Å². The number of morpholine rings is 1. The van der Waals surface area contributed by atoms with E-state index in [1.807, 2.05) is 28.8 Å².